The van der Waals surface area contributed by atoms with E-state index in [1.54, 1.807) is 10.6 Å². The summed E-state index contributed by atoms with van der Waals surface area (Å²) in [4.78, 5) is 4.34. The summed E-state index contributed by atoms with van der Waals surface area (Å²) in [5.41, 5.74) is 1.84. The molecule has 0 saturated carbocycles. The third-order valence-electron chi connectivity index (χ3n) is 3.49. The van der Waals surface area contributed by atoms with Crippen LogP contribution in [0.3, 0.4) is 0 Å². The monoisotopic (exact) mass is 309 g/mol. The van der Waals surface area contributed by atoms with Crippen molar-refractivity contribution in [1.29, 1.82) is 5.26 Å². The van der Waals surface area contributed by atoms with Crippen LogP contribution in [0.5, 0.6) is 0 Å². The lowest BCUT2D eigenvalue weighted by atomic mass is 10.2. The molecule has 0 unspecified atom stereocenters. The first-order chi connectivity index (χ1) is 11.2. The summed E-state index contributed by atoms with van der Waals surface area (Å²) in [5, 5.41) is 8.80. The fourth-order valence-corrected chi connectivity index (χ4v) is 2.40. The third-order valence-corrected chi connectivity index (χ3v) is 3.49. The molecule has 0 aliphatic heterocycles. The minimum Gasteiger partial charge on any atom is -0.323 e. The molecule has 23 heavy (non-hydrogen) atoms. The summed E-state index contributed by atoms with van der Waals surface area (Å²) in [6, 6.07) is 13.9. The number of halogens is 2. The van der Waals surface area contributed by atoms with Crippen LogP contribution in [0, 0.1) is 23.0 Å². The van der Waals surface area contributed by atoms with Gasteiger partial charge in [0.15, 0.2) is 11.6 Å². The number of nitriles is 1. The first-order valence-electron chi connectivity index (χ1n) is 7.14. The van der Waals surface area contributed by atoms with Gasteiger partial charge in [-0.2, -0.15) is 5.26 Å². The van der Waals surface area contributed by atoms with Gasteiger partial charge < -0.3 is 4.57 Å². The first kappa shape index (κ1) is 14.9. The summed E-state index contributed by atoms with van der Waals surface area (Å²) in [5.74, 6) is -1.29. The second-order valence-electron chi connectivity index (χ2n) is 5.03. The van der Waals surface area contributed by atoms with E-state index in [0.717, 1.165) is 17.7 Å². The Labute approximate surface area is 132 Å². The van der Waals surface area contributed by atoms with Crippen LogP contribution in [0.1, 0.15) is 17.8 Å². The van der Waals surface area contributed by atoms with Gasteiger partial charge in [0.1, 0.15) is 5.82 Å². The summed E-state index contributed by atoms with van der Waals surface area (Å²) < 4.78 is 28.6. The number of benzene rings is 2. The molecule has 0 aliphatic rings. The van der Waals surface area contributed by atoms with Gasteiger partial charge in [0.05, 0.1) is 23.5 Å². The van der Waals surface area contributed by atoms with Crippen LogP contribution < -0.4 is 0 Å². The van der Waals surface area contributed by atoms with Gasteiger partial charge >= 0.3 is 0 Å². The minimum atomic E-state index is -0.930. The molecule has 0 amide bonds. The van der Waals surface area contributed by atoms with Gasteiger partial charge in [-0.15, -0.1) is 0 Å². The Kier molecular flexibility index (Phi) is 4.15. The molecular weight excluding hydrogens is 296 g/mol. The molecule has 1 aromatic heterocycles. The molecule has 0 atom stereocenters. The molecule has 5 heteroatoms. The van der Waals surface area contributed by atoms with Gasteiger partial charge in [-0.05, 0) is 11.6 Å². The number of fused-ring (bicyclic) bond motifs is 1. The Morgan fingerprint density at radius 3 is 2.57 bits per heavy atom. The van der Waals surface area contributed by atoms with E-state index >= 15 is 0 Å². The summed E-state index contributed by atoms with van der Waals surface area (Å²) in [7, 11) is 0. The van der Waals surface area contributed by atoms with Crippen LogP contribution in [-0.4, -0.2) is 9.55 Å². The van der Waals surface area contributed by atoms with Gasteiger partial charge in [0.25, 0.3) is 0 Å². The second-order valence-corrected chi connectivity index (χ2v) is 5.03. The zero-order valence-electron chi connectivity index (χ0n) is 12.2. The molecule has 2 aromatic carbocycles. The summed E-state index contributed by atoms with van der Waals surface area (Å²) >= 11 is 0. The van der Waals surface area contributed by atoms with Gasteiger partial charge in [-0.1, -0.05) is 36.4 Å². The molecule has 0 radical (unpaired) electrons. The van der Waals surface area contributed by atoms with Crippen molar-refractivity contribution < 1.29 is 8.78 Å². The third kappa shape index (κ3) is 3.11. The number of imidazole rings is 1. The number of hydrogen-bond acceptors (Lipinski definition) is 2. The van der Waals surface area contributed by atoms with E-state index in [4.69, 9.17) is 5.26 Å². The molecule has 114 valence electrons. The highest BCUT2D eigenvalue weighted by Crippen LogP contribution is 2.21. The smallest absolute Gasteiger partial charge is 0.161 e. The molecule has 3 nitrogen and oxygen atoms in total. The highest BCUT2D eigenvalue weighted by Gasteiger charge is 2.12. The van der Waals surface area contributed by atoms with E-state index in [0.29, 0.717) is 23.4 Å². The van der Waals surface area contributed by atoms with Gasteiger partial charge in [0.2, 0.25) is 0 Å². The van der Waals surface area contributed by atoms with E-state index < -0.39 is 11.6 Å². The predicted molar refractivity (Wildman–Crippen MR) is 85.2 cm³/mol. The van der Waals surface area contributed by atoms with Crippen LogP contribution in [0.4, 0.5) is 8.78 Å². The van der Waals surface area contributed by atoms with E-state index in [1.807, 2.05) is 36.4 Å². The highest BCUT2D eigenvalue weighted by molar-refractivity contribution is 5.80. The first-order valence-corrected chi connectivity index (χ1v) is 7.14. The standard InChI is InChI=1S/C18H13F2N3/c19-14-11-16-17(12-15(14)20)23(10-4-9-21)18(22-16)8-7-13-5-2-1-3-6-13/h1-3,5-8,11-12H,4,10H2/b8-7+. The van der Waals surface area contributed by atoms with Crippen molar-refractivity contribution in [2.24, 2.45) is 0 Å². The molecular formula is C18H13F2N3. The van der Waals surface area contributed by atoms with E-state index in [2.05, 4.69) is 11.1 Å². The lowest BCUT2D eigenvalue weighted by molar-refractivity contribution is 0.510. The zero-order valence-corrected chi connectivity index (χ0v) is 12.2. The van der Waals surface area contributed by atoms with Crippen LogP contribution in [-0.2, 0) is 6.54 Å². The Hall–Kier alpha value is -3.00. The molecule has 3 aromatic rings. The maximum absolute atomic E-state index is 13.5. The topological polar surface area (TPSA) is 41.6 Å². The van der Waals surface area contributed by atoms with Crippen LogP contribution in [0.15, 0.2) is 42.5 Å². The zero-order chi connectivity index (χ0) is 16.2. The normalized spacial score (nSPS) is 11.2. The van der Waals surface area contributed by atoms with Gasteiger partial charge in [-0.25, -0.2) is 13.8 Å². The Morgan fingerprint density at radius 1 is 1.09 bits per heavy atom. The van der Waals surface area contributed by atoms with Crippen LogP contribution in [0.25, 0.3) is 23.2 Å². The van der Waals surface area contributed by atoms with Crippen LogP contribution in [0.2, 0.25) is 0 Å². The van der Waals surface area contributed by atoms with Crippen molar-refractivity contribution in [2.75, 3.05) is 0 Å². The summed E-state index contributed by atoms with van der Waals surface area (Å²) in [6.45, 7) is 0.368. The molecule has 1 heterocycles. The Morgan fingerprint density at radius 2 is 1.83 bits per heavy atom. The summed E-state index contributed by atoms with van der Waals surface area (Å²) in [6.07, 6.45) is 3.91. The minimum absolute atomic E-state index is 0.261. The predicted octanol–water partition coefficient (Wildman–Crippen LogP) is 4.40. The molecule has 0 saturated heterocycles. The lowest BCUT2D eigenvalue weighted by Crippen LogP contribution is -2.00. The lowest BCUT2D eigenvalue weighted by Gasteiger charge is -2.04. The number of aromatic nitrogens is 2. The highest BCUT2D eigenvalue weighted by atomic mass is 19.2. The Bertz CT molecular complexity index is 905. The average Bonchev–Trinajstić information content (AvgIpc) is 2.89. The average molecular weight is 309 g/mol. The van der Waals surface area contributed by atoms with Crippen molar-refractivity contribution in [2.45, 2.75) is 13.0 Å². The Balaban J connectivity index is 2.08. The molecule has 0 N–H and O–H groups in total. The van der Waals surface area contributed by atoms with Crippen molar-refractivity contribution in [3.8, 4) is 6.07 Å². The fourth-order valence-electron chi connectivity index (χ4n) is 2.40. The van der Waals surface area contributed by atoms with E-state index in [1.165, 1.54) is 0 Å². The molecule has 0 aliphatic carbocycles. The molecule has 3 rings (SSSR count). The molecule has 0 fully saturated rings. The van der Waals surface area contributed by atoms with Crippen LogP contribution >= 0.6 is 0 Å². The fraction of sp³-hybridized carbons (Fsp3) is 0.111. The van der Waals surface area contributed by atoms with Crippen molar-refractivity contribution in [3.05, 3.63) is 65.5 Å². The quantitative estimate of drug-likeness (QED) is 0.717. The van der Waals surface area contributed by atoms with Crippen molar-refractivity contribution >= 4 is 23.2 Å². The van der Waals surface area contributed by atoms with Gasteiger partial charge in [0, 0.05) is 18.7 Å². The number of hydrogen-bond donors (Lipinski definition) is 0. The van der Waals surface area contributed by atoms with E-state index in [9.17, 15) is 8.78 Å². The van der Waals surface area contributed by atoms with Crippen molar-refractivity contribution in [1.82, 2.24) is 9.55 Å². The second kappa shape index (κ2) is 6.41. The maximum atomic E-state index is 13.5. The molecule has 0 bridgehead atoms. The SMILES string of the molecule is N#CCCn1c(/C=C/c2ccccc2)nc2cc(F)c(F)cc21. The number of aryl methyl sites for hydroxylation is 1. The maximum Gasteiger partial charge on any atom is 0.161 e. The number of rotatable bonds is 4. The largest absolute Gasteiger partial charge is 0.323 e. The van der Waals surface area contributed by atoms with Gasteiger partial charge in [-0.3, -0.25) is 0 Å². The van der Waals surface area contributed by atoms with Crippen molar-refractivity contribution in [3.63, 3.8) is 0 Å². The number of nitrogens with zero attached hydrogens (tertiary/aromatic N) is 3. The molecule has 0 spiro atoms. The van der Waals surface area contributed by atoms with E-state index in [-0.39, 0.29) is 6.42 Å².